The summed E-state index contributed by atoms with van der Waals surface area (Å²) < 4.78 is 27.0. The van der Waals surface area contributed by atoms with Crippen LogP contribution in [0.1, 0.15) is 81.4 Å². The summed E-state index contributed by atoms with van der Waals surface area (Å²) in [4.78, 5) is 48.6. The minimum atomic E-state index is -1.42. The molecule has 15 heteroatoms. The average molecular weight is 661 g/mol. The third-order valence-electron chi connectivity index (χ3n) is 10.2. The molecule has 238 valence electrons. The molecule has 4 N–H and O–H groups in total. The second-order valence-electron chi connectivity index (χ2n) is 13.2. The molecule has 0 bridgehead atoms. The van der Waals surface area contributed by atoms with E-state index in [0.29, 0.717) is 37.1 Å². The number of nitrogens with one attached hydrogen (secondary N) is 4. The summed E-state index contributed by atoms with van der Waals surface area (Å²) in [5.41, 5.74) is -1.67. The molecule has 2 spiro atoms. The van der Waals surface area contributed by atoms with Gasteiger partial charge in [0.25, 0.3) is 0 Å². The van der Waals surface area contributed by atoms with Crippen LogP contribution in [0.2, 0.25) is 10.3 Å². The Balaban J connectivity index is 1.30. The molecule has 12 nitrogen and oxygen atoms in total. The van der Waals surface area contributed by atoms with Crippen molar-refractivity contribution in [2.75, 3.05) is 11.9 Å². The van der Waals surface area contributed by atoms with Gasteiger partial charge in [0.05, 0.1) is 18.7 Å². The minimum absolute atomic E-state index is 0.00871. The normalized spacial score (nSPS) is 29.9. The molecule has 2 amide bonds. The number of aromatic nitrogens is 4. The van der Waals surface area contributed by atoms with Gasteiger partial charge in [-0.05, 0) is 61.6 Å². The van der Waals surface area contributed by atoms with Crippen LogP contribution in [-0.2, 0) is 19.7 Å². The highest BCUT2D eigenvalue weighted by Gasteiger charge is 2.73. The highest BCUT2D eigenvalue weighted by atomic mass is 35.5. The second kappa shape index (κ2) is 10.9. The van der Waals surface area contributed by atoms with Crippen LogP contribution >= 0.6 is 23.2 Å². The van der Waals surface area contributed by atoms with Crippen LogP contribution in [0.4, 0.5) is 10.2 Å². The van der Waals surface area contributed by atoms with E-state index in [2.05, 4.69) is 50.0 Å². The molecule has 0 unspecified atom stereocenters. The van der Waals surface area contributed by atoms with Crippen molar-refractivity contribution >= 4 is 40.8 Å². The predicted molar refractivity (Wildman–Crippen MR) is 160 cm³/mol. The lowest BCUT2D eigenvalue weighted by Gasteiger charge is -2.50. The largest absolute Gasteiger partial charge is 0.434 e. The number of carbonyl (C=O) groups is 2. The van der Waals surface area contributed by atoms with E-state index in [0.717, 1.165) is 12.8 Å². The quantitative estimate of drug-likeness (QED) is 0.304. The Hall–Kier alpha value is -3.39. The Kier molecular flexibility index (Phi) is 7.30. The van der Waals surface area contributed by atoms with Crippen LogP contribution in [0.5, 0.6) is 0 Å². The Morgan fingerprint density at radius 3 is 2.58 bits per heavy atom. The number of carbonyl (C=O) groups excluding carboxylic acids is 2. The molecule has 0 radical (unpaired) electrons. The molecule has 5 atom stereocenters. The van der Waals surface area contributed by atoms with Gasteiger partial charge in [0.1, 0.15) is 22.5 Å². The zero-order valence-corrected chi connectivity index (χ0v) is 26.1. The van der Waals surface area contributed by atoms with E-state index in [1.165, 1.54) is 12.3 Å². The van der Waals surface area contributed by atoms with Gasteiger partial charge < -0.3 is 19.8 Å². The molecule has 3 aliphatic heterocycles. The van der Waals surface area contributed by atoms with Crippen LogP contribution in [0.3, 0.4) is 0 Å². The van der Waals surface area contributed by atoms with E-state index < -0.39 is 52.5 Å². The average Bonchev–Trinajstić information content (AvgIpc) is 3.65. The Morgan fingerprint density at radius 1 is 1.11 bits per heavy atom. The highest BCUT2D eigenvalue weighted by molar-refractivity contribution is 6.30. The maximum absolute atomic E-state index is 16.1. The number of hydrogen-bond acceptors (Lipinski definition) is 9. The lowest BCUT2D eigenvalue weighted by Crippen LogP contribution is -2.61. The first-order chi connectivity index (χ1) is 21.4. The van der Waals surface area contributed by atoms with Crippen LogP contribution in [0, 0.1) is 11.2 Å². The number of ether oxygens (including phenoxy) is 1. The SMILES string of the molecule is CC1(C)CCC2(CC1)N[C@@H](C(=O)N[C@@H]1CC[C@@H](c3n[nH]c(=O)o3)OC1)[C@H](c1ccnc(Cl)c1F)[C@]21C(=O)Nc2nc(Cl)ccc21. The fourth-order valence-electron chi connectivity index (χ4n) is 7.93. The molecule has 3 aromatic heterocycles. The summed E-state index contributed by atoms with van der Waals surface area (Å²) in [6.07, 6.45) is 4.46. The van der Waals surface area contributed by atoms with Gasteiger partial charge in [-0.2, -0.15) is 0 Å². The number of hydrogen-bond donors (Lipinski definition) is 4. The van der Waals surface area contributed by atoms with Gasteiger partial charge in [-0.25, -0.2) is 24.3 Å². The summed E-state index contributed by atoms with van der Waals surface area (Å²) >= 11 is 12.5. The molecule has 1 aliphatic carbocycles. The topological polar surface area (TPSA) is 164 Å². The minimum Gasteiger partial charge on any atom is -0.390 e. The molecule has 4 aliphatic rings. The van der Waals surface area contributed by atoms with Crippen LogP contribution < -0.4 is 21.7 Å². The summed E-state index contributed by atoms with van der Waals surface area (Å²) in [7, 11) is 0. The number of aromatic amines is 1. The van der Waals surface area contributed by atoms with E-state index >= 15 is 4.39 Å². The van der Waals surface area contributed by atoms with Crippen molar-refractivity contribution in [1.29, 1.82) is 0 Å². The third-order valence-corrected chi connectivity index (χ3v) is 10.6. The van der Waals surface area contributed by atoms with E-state index in [4.69, 9.17) is 32.4 Å². The molecule has 1 saturated carbocycles. The summed E-state index contributed by atoms with van der Waals surface area (Å²) in [6.45, 7) is 4.50. The molecule has 2 saturated heterocycles. The first kappa shape index (κ1) is 30.3. The van der Waals surface area contributed by atoms with Crippen LogP contribution in [0.15, 0.2) is 33.6 Å². The van der Waals surface area contributed by atoms with Crippen LogP contribution in [-0.4, -0.2) is 56.2 Å². The van der Waals surface area contributed by atoms with Gasteiger partial charge in [0.15, 0.2) is 11.0 Å². The van der Waals surface area contributed by atoms with E-state index in [1.54, 1.807) is 12.1 Å². The number of H-pyrrole nitrogens is 1. The smallest absolute Gasteiger partial charge is 0.390 e. The molecule has 6 heterocycles. The van der Waals surface area contributed by atoms with Crippen molar-refractivity contribution in [2.24, 2.45) is 5.41 Å². The molecule has 3 fully saturated rings. The van der Waals surface area contributed by atoms with Gasteiger partial charge in [0.2, 0.25) is 17.7 Å². The van der Waals surface area contributed by atoms with Gasteiger partial charge >= 0.3 is 5.76 Å². The first-order valence-corrected chi connectivity index (χ1v) is 15.7. The summed E-state index contributed by atoms with van der Waals surface area (Å²) in [6, 6.07) is 3.43. The summed E-state index contributed by atoms with van der Waals surface area (Å²) in [5, 5.41) is 15.5. The molecule has 7 rings (SSSR count). The van der Waals surface area contributed by atoms with Crippen molar-refractivity contribution < 1.29 is 23.1 Å². The lowest BCUT2D eigenvalue weighted by atomic mass is 9.53. The van der Waals surface area contributed by atoms with Gasteiger partial charge in [-0.1, -0.05) is 43.1 Å². The molecule has 45 heavy (non-hydrogen) atoms. The number of rotatable bonds is 4. The third kappa shape index (κ3) is 4.77. The lowest BCUT2D eigenvalue weighted by molar-refractivity contribution is -0.126. The van der Waals surface area contributed by atoms with E-state index in [9.17, 15) is 14.4 Å². The summed E-state index contributed by atoms with van der Waals surface area (Å²) in [5.74, 6) is -2.82. The van der Waals surface area contributed by atoms with Crippen LogP contribution in [0.25, 0.3) is 0 Å². The number of fused-ring (bicyclic) bond motifs is 3. The van der Waals surface area contributed by atoms with Crippen molar-refractivity contribution in [3.05, 3.63) is 68.1 Å². The fraction of sp³-hybridized carbons (Fsp3) is 0.533. The monoisotopic (exact) mass is 659 g/mol. The maximum Gasteiger partial charge on any atom is 0.434 e. The van der Waals surface area contributed by atoms with E-state index in [1.807, 2.05) is 0 Å². The highest BCUT2D eigenvalue weighted by Crippen LogP contribution is 2.63. The number of pyridine rings is 2. The molecule has 3 aromatic rings. The molecular formula is C30H32Cl2FN7O5. The Bertz CT molecular complexity index is 1730. The van der Waals surface area contributed by atoms with Crippen molar-refractivity contribution in [2.45, 2.75) is 87.4 Å². The standard InChI is InChI=1S/C30H32Cl2FN7O5/c1-28(2)8-10-29(11-9-28)30(16-4-6-18(31)36-23(16)37-26(30)42)19(15-7-12-34-22(32)20(15)33)21(38-29)24(41)35-14-3-5-17(44-13-14)25-39-40-27(43)45-25/h4,6-7,12,14,17,19,21,38H,3,5,8-11,13H2,1-2H3,(H,35,41)(H,40,43)(H,36,37,42)/t14-,17+,19+,21-,30-/m1/s1. The second-order valence-corrected chi connectivity index (χ2v) is 13.9. The van der Waals surface area contributed by atoms with Gasteiger partial charge in [-0.3, -0.25) is 14.9 Å². The van der Waals surface area contributed by atoms with Gasteiger partial charge in [-0.15, -0.1) is 5.10 Å². The fourth-order valence-corrected chi connectivity index (χ4v) is 8.24. The van der Waals surface area contributed by atoms with Crippen molar-refractivity contribution in [3.63, 3.8) is 0 Å². The predicted octanol–water partition coefficient (Wildman–Crippen LogP) is 3.92. The number of nitrogens with zero attached hydrogens (tertiary/aromatic N) is 3. The zero-order chi connectivity index (χ0) is 31.7. The van der Waals surface area contributed by atoms with Crippen molar-refractivity contribution in [1.82, 2.24) is 30.8 Å². The number of amides is 2. The number of anilines is 1. The first-order valence-electron chi connectivity index (χ1n) is 15.0. The van der Waals surface area contributed by atoms with E-state index in [-0.39, 0.29) is 39.7 Å². The van der Waals surface area contributed by atoms with Gasteiger partial charge in [0, 0.05) is 23.2 Å². The Labute approximate surface area is 267 Å². The maximum atomic E-state index is 16.1. The Morgan fingerprint density at radius 2 is 1.89 bits per heavy atom. The van der Waals surface area contributed by atoms with Crippen molar-refractivity contribution in [3.8, 4) is 0 Å². The molecule has 0 aromatic carbocycles. The number of halogens is 3. The molecular weight excluding hydrogens is 628 g/mol. The zero-order valence-electron chi connectivity index (χ0n) is 24.6.